The molecule has 0 fully saturated rings. The number of aromatic nitrogens is 1. The molecule has 5 heteroatoms. The first-order valence-corrected chi connectivity index (χ1v) is 6.28. The van der Waals surface area contributed by atoms with Crippen molar-refractivity contribution < 1.29 is 9.53 Å². The molecule has 0 saturated carbocycles. The van der Waals surface area contributed by atoms with Crippen LogP contribution in [0.5, 0.6) is 5.88 Å². The molecule has 104 valence electrons. The van der Waals surface area contributed by atoms with Crippen LogP contribution >= 0.6 is 0 Å². The molecule has 1 atom stereocenters. The average Bonchev–Trinajstić information content (AvgIpc) is 2.53. The Balaban J connectivity index is 1.95. The van der Waals surface area contributed by atoms with Crippen LogP contribution in [0.25, 0.3) is 0 Å². The summed E-state index contributed by atoms with van der Waals surface area (Å²) >= 11 is 0. The summed E-state index contributed by atoms with van der Waals surface area (Å²) in [5.41, 5.74) is 7.61. The summed E-state index contributed by atoms with van der Waals surface area (Å²) in [7, 11) is 1.55. The monoisotopic (exact) mass is 271 g/mol. The van der Waals surface area contributed by atoms with E-state index in [0.29, 0.717) is 12.4 Å². The van der Waals surface area contributed by atoms with Gasteiger partial charge in [-0.2, -0.15) is 0 Å². The zero-order chi connectivity index (χ0) is 14.4. The molecule has 1 amide bonds. The molecule has 0 radical (unpaired) electrons. The molecule has 0 aliphatic carbocycles. The topological polar surface area (TPSA) is 77.2 Å². The van der Waals surface area contributed by atoms with E-state index in [1.165, 1.54) is 0 Å². The Bertz CT molecular complexity index is 572. The van der Waals surface area contributed by atoms with Crippen molar-refractivity contribution in [3.8, 4) is 5.88 Å². The standard InChI is InChI=1S/C15H17N3O2/c1-20-13-9-11(7-8-17-13)10-18-15(19)14(16)12-5-3-2-4-6-12/h2-9,14H,10,16H2,1H3,(H,18,19)/t14-/m1/s1. The lowest BCUT2D eigenvalue weighted by Crippen LogP contribution is -2.33. The molecule has 1 aromatic carbocycles. The predicted molar refractivity (Wildman–Crippen MR) is 76.0 cm³/mol. The lowest BCUT2D eigenvalue weighted by Gasteiger charge is -2.12. The van der Waals surface area contributed by atoms with Gasteiger partial charge in [-0.15, -0.1) is 0 Å². The molecule has 0 aliphatic heterocycles. The van der Waals surface area contributed by atoms with Crippen LogP contribution in [0.1, 0.15) is 17.2 Å². The van der Waals surface area contributed by atoms with E-state index in [1.807, 2.05) is 36.4 Å². The minimum absolute atomic E-state index is 0.216. The Kier molecular flexibility index (Phi) is 4.68. The van der Waals surface area contributed by atoms with Crippen LogP contribution in [0.2, 0.25) is 0 Å². The van der Waals surface area contributed by atoms with Crippen LogP contribution < -0.4 is 15.8 Å². The number of nitrogens with one attached hydrogen (secondary N) is 1. The van der Waals surface area contributed by atoms with Crippen molar-refractivity contribution in [3.63, 3.8) is 0 Å². The first kappa shape index (κ1) is 14.0. The molecule has 1 aromatic heterocycles. The van der Waals surface area contributed by atoms with Gasteiger partial charge in [-0.25, -0.2) is 4.98 Å². The lowest BCUT2D eigenvalue weighted by molar-refractivity contribution is -0.122. The normalized spacial score (nSPS) is 11.7. The van der Waals surface area contributed by atoms with Gasteiger partial charge in [0.25, 0.3) is 0 Å². The van der Waals surface area contributed by atoms with Crippen LogP contribution in [-0.4, -0.2) is 18.0 Å². The number of methoxy groups -OCH3 is 1. The summed E-state index contributed by atoms with van der Waals surface area (Å²) in [4.78, 5) is 16.0. The Labute approximate surface area is 117 Å². The molecule has 0 spiro atoms. The zero-order valence-electron chi connectivity index (χ0n) is 11.2. The Morgan fingerprint density at radius 3 is 2.80 bits per heavy atom. The van der Waals surface area contributed by atoms with Gasteiger partial charge in [0.1, 0.15) is 6.04 Å². The van der Waals surface area contributed by atoms with Crippen LogP contribution in [0.15, 0.2) is 48.7 Å². The predicted octanol–water partition coefficient (Wildman–Crippen LogP) is 1.41. The van der Waals surface area contributed by atoms with Crippen molar-refractivity contribution in [2.45, 2.75) is 12.6 Å². The third-order valence-corrected chi connectivity index (χ3v) is 2.92. The highest BCUT2D eigenvalue weighted by atomic mass is 16.5. The highest BCUT2D eigenvalue weighted by Crippen LogP contribution is 2.11. The first-order valence-electron chi connectivity index (χ1n) is 6.28. The number of nitrogens with two attached hydrogens (primary N) is 1. The maximum Gasteiger partial charge on any atom is 0.241 e. The van der Waals surface area contributed by atoms with E-state index in [0.717, 1.165) is 11.1 Å². The number of benzene rings is 1. The van der Waals surface area contributed by atoms with Crippen molar-refractivity contribution in [2.24, 2.45) is 5.73 Å². The van der Waals surface area contributed by atoms with E-state index in [-0.39, 0.29) is 5.91 Å². The van der Waals surface area contributed by atoms with Crippen molar-refractivity contribution in [2.75, 3.05) is 7.11 Å². The Hall–Kier alpha value is -2.40. The second-order valence-electron chi connectivity index (χ2n) is 4.31. The van der Waals surface area contributed by atoms with Gasteiger partial charge >= 0.3 is 0 Å². The van der Waals surface area contributed by atoms with E-state index in [1.54, 1.807) is 19.4 Å². The van der Waals surface area contributed by atoms with Gasteiger partial charge in [0, 0.05) is 18.8 Å². The number of carbonyl (C=O) groups excluding carboxylic acids is 1. The summed E-state index contributed by atoms with van der Waals surface area (Å²) in [5.74, 6) is 0.302. The van der Waals surface area contributed by atoms with Crippen LogP contribution in [0, 0.1) is 0 Å². The summed E-state index contributed by atoms with van der Waals surface area (Å²) < 4.78 is 5.03. The first-order chi connectivity index (χ1) is 9.70. The molecule has 0 aliphatic rings. The minimum atomic E-state index is -0.667. The molecule has 3 N–H and O–H groups in total. The number of carbonyl (C=O) groups is 1. The van der Waals surface area contributed by atoms with Gasteiger partial charge in [0.05, 0.1) is 7.11 Å². The molecule has 20 heavy (non-hydrogen) atoms. The fraction of sp³-hybridized carbons (Fsp3) is 0.200. The summed E-state index contributed by atoms with van der Waals surface area (Å²) in [6.45, 7) is 0.387. The largest absolute Gasteiger partial charge is 0.481 e. The number of pyridine rings is 1. The van der Waals surface area contributed by atoms with E-state index in [4.69, 9.17) is 10.5 Å². The Morgan fingerprint density at radius 2 is 2.10 bits per heavy atom. The molecular weight excluding hydrogens is 254 g/mol. The number of rotatable bonds is 5. The second kappa shape index (κ2) is 6.68. The molecule has 0 unspecified atom stereocenters. The molecule has 1 heterocycles. The highest BCUT2D eigenvalue weighted by molar-refractivity contribution is 5.82. The molecule has 2 aromatic rings. The van der Waals surface area contributed by atoms with E-state index >= 15 is 0 Å². The number of ether oxygens (including phenoxy) is 1. The van der Waals surface area contributed by atoms with Gasteiger partial charge in [0.2, 0.25) is 11.8 Å². The van der Waals surface area contributed by atoms with E-state index in [9.17, 15) is 4.79 Å². The lowest BCUT2D eigenvalue weighted by atomic mass is 10.1. The fourth-order valence-corrected chi connectivity index (χ4v) is 1.78. The quantitative estimate of drug-likeness (QED) is 0.862. The third kappa shape index (κ3) is 3.55. The van der Waals surface area contributed by atoms with Crippen molar-refractivity contribution >= 4 is 5.91 Å². The number of hydrogen-bond acceptors (Lipinski definition) is 4. The average molecular weight is 271 g/mol. The smallest absolute Gasteiger partial charge is 0.241 e. The van der Waals surface area contributed by atoms with Crippen LogP contribution in [-0.2, 0) is 11.3 Å². The maximum absolute atomic E-state index is 12.0. The molecule has 2 rings (SSSR count). The van der Waals surface area contributed by atoms with Gasteiger partial charge in [-0.1, -0.05) is 30.3 Å². The SMILES string of the molecule is COc1cc(CNC(=O)[C@H](N)c2ccccc2)ccn1. The van der Waals surface area contributed by atoms with Gasteiger partial charge < -0.3 is 15.8 Å². The Morgan fingerprint density at radius 1 is 1.35 bits per heavy atom. The third-order valence-electron chi connectivity index (χ3n) is 2.92. The van der Waals surface area contributed by atoms with Crippen LogP contribution in [0.4, 0.5) is 0 Å². The minimum Gasteiger partial charge on any atom is -0.481 e. The van der Waals surface area contributed by atoms with Gasteiger partial charge in [-0.05, 0) is 17.2 Å². The van der Waals surface area contributed by atoms with Crippen molar-refractivity contribution in [3.05, 3.63) is 59.8 Å². The van der Waals surface area contributed by atoms with Gasteiger partial charge in [-0.3, -0.25) is 4.79 Å². The highest BCUT2D eigenvalue weighted by Gasteiger charge is 2.14. The molecule has 0 bridgehead atoms. The summed E-state index contributed by atoms with van der Waals surface area (Å²) in [6.07, 6.45) is 1.64. The summed E-state index contributed by atoms with van der Waals surface area (Å²) in [5, 5.41) is 2.80. The van der Waals surface area contributed by atoms with E-state index in [2.05, 4.69) is 10.3 Å². The van der Waals surface area contributed by atoms with Crippen molar-refractivity contribution in [1.29, 1.82) is 0 Å². The summed E-state index contributed by atoms with van der Waals surface area (Å²) in [6, 6.07) is 12.2. The second-order valence-corrected chi connectivity index (χ2v) is 4.31. The van der Waals surface area contributed by atoms with E-state index < -0.39 is 6.04 Å². The van der Waals surface area contributed by atoms with Crippen LogP contribution in [0.3, 0.4) is 0 Å². The van der Waals surface area contributed by atoms with Crippen molar-refractivity contribution in [1.82, 2.24) is 10.3 Å². The maximum atomic E-state index is 12.0. The molecule has 5 nitrogen and oxygen atoms in total. The number of hydrogen-bond donors (Lipinski definition) is 2. The fourth-order valence-electron chi connectivity index (χ4n) is 1.78. The molecular formula is C15H17N3O2. The number of amides is 1. The number of nitrogens with zero attached hydrogens (tertiary/aromatic N) is 1. The molecule has 0 saturated heterocycles. The van der Waals surface area contributed by atoms with Gasteiger partial charge in [0.15, 0.2) is 0 Å². The zero-order valence-corrected chi connectivity index (χ0v) is 11.2.